The van der Waals surface area contributed by atoms with Crippen LogP contribution in [0, 0.1) is 6.92 Å². The number of rotatable bonds is 2. The summed E-state index contributed by atoms with van der Waals surface area (Å²) in [5.41, 5.74) is 4.51. The lowest BCUT2D eigenvalue weighted by Gasteiger charge is -2.24. The standard InChI is InChI=1S/C11H15N3OS/c1-8-2-4-9(5-3-8)14-6-7-16-11(14)10(15)13-12/h2-5,11H,6-7,12H2,1H3,(H,13,15). The highest BCUT2D eigenvalue weighted by Crippen LogP contribution is 2.29. The van der Waals surface area contributed by atoms with Crippen LogP contribution in [0.1, 0.15) is 5.56 Å². The van der Waals surface area contributed by atoms with E-state index in [2.05, 4.69) is 22.5 Å². The maximum atomic E-state index is 11.6. The SMILES string of the molecule is Cc1ccc(N2CCSC2C(=O)NN)cc1. The molecule has 0 bridgehead atoms. The molecular weight excluding hydrogens is 222 g/mol. The Morgan fingerprint density at radius 3 is 2.81 bits per heavy atom. The van der Waals surface area contributed by atoms with Crippen molar-refractivity contribution in [1.29, 1.82) is 0 Å². The first-order valence-corrected chi connectivity index (χ1v) is 6.22. The highest BCUT2D eigenvalue weighted by molar-refractivity contribution is 8.01. The van der Waals surface area contributed by atoms with E-state index in [1.165, 1.54) is 5.56 Å². The summed E-state index contributed by atoms with van der Waals surface area (Å²) in [7, 11) is 0. The number of nitrogens with one attached hydrogen (secondary N) is 1. The summed E-state index contributed by atoms with van der Waals surface area (Å²) in [6.07, 6.45) is 0. The van der Waals surface area contributed by atoms with Crippen LogP contribution in [0.2, 0.25) is 0 Å². The third-order valence-electron chi connectivity index (χ3n) is 2.62. The normalized spacial score (nSPS) is 19.9. The van der Waals surface area contributed by atoms with Crippen LogP contribution in [0.3, 0.4) is 0 Å². The zero-order valence-electron chi connectivity index (χ0n) is 9.14. The molecule has 1 amide bonds. The number of carbonyl (C=O) groups excluding carboxylic acids is 1. The molecule has 1 aliphatic rings. The van der Waals surface area contributed by atoms with E-state index < -0.39 is 0 Å². The highest BCUT2D eigenvalue weighted by atomic mass is 32.2. The Bertz CT molecular complexity index is 379. The summed E-state index contributed by atoms with van der Waals surface area (Å²) in [5.74, 6) is 5.99. The number of hydrogen-bond donors (Lipinski definition) is 2. The Kier molecular flexibility index (Phi) is 3.36. The summed E-state index contributed by atoms with van der Waals surface area (Å²) in [6, 6.07) is 8.18. The lowest BCUT2D eigenvalue weighted by Crippen LogP contribution is -2.44. The van der Waals surface area contributed by atoms with Gasteiger partial charge in [-0.25, -0.2) is 5.84 Å². The van der Waals surface area contributed by atoms with Gasteiger partial charge in [0.2, 0.25) is 0 Å². The quantitative estimate of drug-likeness (QED) is 0.455. The third-order valence-corrected chi connectivity index (χ3v) is 3.83. The van der Waals surface area contributed by atoms with Crippen molar-refractivity contribution in [2.75, 3.05) is 17.2 Å². The van der Waals surface area contributed by atoms with Crippen LogP contribution in [0.4, 0.5) is 5.69 Å². The van der Waals surface area contributed by atoms with Crippen molar-refractivity contribution < 1.29 is 4.79 Å². The largest absolute Gasteiger partial charge is 0.351 e. The van der Waals surface area contributed by atoms with E-state index >= 15 is 0 Å². The van der Waals surface area contributed by atoms with Gasteiger partial charge in [-0.1, -0.05) is 17.7 Å². The first-order valence-electron chi connectivity index (χ1n) is 5.18. The number of carbonyl (C=O) groups is 1. The molecule has 1 saturated heterocycles. The van der Waals surface area contributed by atoms with Crippen LogP contribution in [0.15, 0.2) is 24.3 Å². The average Bonchev–Trinajstić information content (AvgIpc) is 2.78. The topological polar surface area (TPSA) is 58.4 Å². The maximum Gasteiger partial charge on any atom is 0.267 e. The zero-order valence-corrected chi connectivity index (χ0v) is 9.96. The number of nitrogens with zero attached hydrogens (tertiary/aromatic N) is 1. The number of thioether (sulfide) groups is 1. The van der Waals surface area contributed by atoms with Crippen molar-refractivity contribution in [2.45, 2.75) is 12.3 Å². The zero-order chi connectivity index (χ0) is 11.5. The number of amides is 1. The molecule has 0 aliphatic carbocycles. The van der Waals surface area contributed by atoms with Crippen LogP contribution >= 0.6 is 11.8 Å². The van der Waals surface area contributed by atoms with Gasteiger partial charge >= 0.3 is 0 Å². The van der Waals surface area contributed by atoms with Gasteiger partial charge in [0.1, 0.15) is 0 Å². The van der Waals surface area contributed by atoms with Gasteiger partial charge in [0.25, 0.3) is 5.91 Å². The molecule has 1 aliphatic heterocycles. The van der Waals surface area contributed by atoms with E-state index in [-0.39, 0.29) is 11.3 Å². The van der Waals surface area contributed by atoms with E-state index in [1.54, 1.807) is 11.8 Å². The Morgan fingerprint density at radius 1 is 1.50 bits per heavy atom. The molecule has 1 atom stereocenters. The third kappa shape index (κ3) is 2.15. The first-order chi connectivity index (χ1) is 7.72. The van der Waals surface area contributed by atoms with Gasteiger partial charge in [-0.3, -0.25) is 10.2 Å². The number of hydrogen-bond acceptors (Lipinski definition) is 4. The fraction of sp³-hybridized carbons (Fsp3) is 0.364. The molecule has 0 spiro atoms. The smallest absolute Gasteiger partial charge is 0.267 e. The van der Waals surface area contributed by atoms with E-state index in [0.29, 0.717) is 0 Å². The highest BCUT2D eigenvalue weighted by Gasteiger charge is 2.30. The fourth-order valence-corrected chi connectivity index (χ4v) is 2.91. The number of nitrogens with two attached hydrogens (primary N) is 1. The van der Waals surface area contributed by atoms with E-state index in [9.17, 15) is 4.79 Å². The Balaban J connectivity index is 2.19. The Morgan fingerprint density at radius 2 is 2.19 bits per heavy atom. The van der Waals surface area contributed by atoms with Crippen molar-refractivity contribution in [2.24, 2.45) is 5.84 Å². The molecule has 0 aromatic heterocycles. The minimum atomic E-state index is -0.201. The van der Waals surface area contributed by atoms with E-state index in [4.69, 9.17) is 5.84 Å². The summed E-state index contributed by atoms with van der Waals surface area (Å²) in [4.78, 5) is 13.6. The molecule has 4 nitrogen and oxygen atoms in total. The maximum absolute atomic E-state index is 11.6. The number of aryl methyl sites for hydroxylation is 1. The van der Waals surface area contributed by atoms with Gasteiger partial charge in [0.05, 0.1) is 0 Å². The molecular formula is C11H15N3OS. The van der Waals surface area contributed by atoms with Gasteiger partial charge in [-0.15, -0.1) is 11.8 Å². The Labute approximate surface area is 99.2 Å². The Hall–Kier alpha value is -1.20. The molecule has 1 fully saturated rings. The van der Waals surface area contributed by atoms with Crippen molar-refractivity contribution in [1.82, 2.24) is 5.43 Å². The monoisotopic (exact) mass is 237 g/mol. The summed E-state index contributed by atoms with van der Waals surface area (Å²) in [6.45, 7) is 2.93. The number of benzene rings is 1. The van der Waals surface area contributed by atoms with Crippen LogP contribution < -0.4 is 16.2 Å². The predicted octanol–water partition coefficient (Wildman–Crippen LogP) is 0.864. The first kappa shape index (κ1) is 11.3. The van der Waals surface area contributed by atoms with Gasteiger partial charge < -0.3 is 4.90 Å². The molecule has 1 aromatic rings. The lowest BCUT2D eigenvalue weighted by atomic mass is 10.2. The molecule has 0 radical (unpaired) electrons. The molecule has 5 heteroatoms. The molecule has 16 heavy (non-hydrogen) atoms. The van der Waals surface area contributed by atoms with Gasteiger partial charge in [-0.05, 0) is 19.1 Å². The van der Waals surface area contributed by atoms with Crippen molar-refractivity contribution in [3.8, 4) is 0 Å². The molecule has 86 valence electrons. The van der Waals surface area contributed by atoms with Crippen molar-refractivity contribution in [3.63, 3.8) is 0 Å². The number of hydrazine groups is 1. The minimum absolute atomic E-state index is 0.136. The van der Waals surface area contributed by atoms with Crippen LogP contribution in [0.5, 0.6) is 0 Å². The average molecular weight is 237 g/mol. The molecule has 1 aromatic carbocycles. The van der Waals surface area contributed by atoms with E-state index in [0.717, 1.165) is 18.0 Å². The second-order valence-electron chi connectivity index (χ2n) is 3.76. The second-order valence-corrected chi connectivity index (χ2v) is 4.95. The lowest BCUT2D eigenvalue weighted by molar-refractivity contribution is -0.120. The van der Waals surface area contributed by atoms with Crippen molar-refractivity contribution >= 4 is 23.4 Å². The summed E-state index contributed by atoms with van der Waals surface area (Å²) < 4.78 is 0. The number of anilines is 1. The summed E-state index contributed by atoms with van der Waals surface area (Å²) in [5, 5.41) is -0.201. The van der Waals surface area contributed by atoms with E-state index in [1.807, 2.05) is 19.1 Å². The van der Waals surface area contributed by atoms with Crippen LogP contribution in [0.25, 0.3) is 0 Å². The second kappa shape index (κ2) is 4.76. The molecule has 0 saturated carbocycles. The predicted molar refractivity (Wildman–Crippen MR) is 67.1 cm³/mol. The fourth-order valence-electron chi connectivity index (χ4n) is 1.76. The molecule has 1 heterocycles. The van der Waals surface area contributed by atoms with Gasteiger partial charge in [0, 0.05) is 18.0 Å². The minimum Gasteiger partial charge on any atom is -0.351 e. The molecule has 1 unspecified atom stereocenters. The molecule has 2 rings (SSSR count). The van der Waals surface area contributed by atoms with Crippen molar-refractivity contribution in [3.05, 3.63) is 29.8 Å². The molecule has 3 N–H and O–H groups in total. The van der Waals surface area contributed by atoms with Gasteiger partial charge in [-0.2, -0.15) is 0 Å². The van der Waals surface area contributed by atoms with Crippen LogP contribution in [-0.2, 0) is 4.79 Å². The summed E-state index contributed by atoms with van der Waals surface area (Å²) >= 11 is 1.62. The van der Waals surface area contributed by atoms with Gasteiger partial charge in [0.15, 0.2) is 5.37 Å². The van der Waals surface area contributed by atoms with Crippen LogP contribution in [-0.4, -0.2) is 23.6 Å².